The standard InChI is InChI=1S/C24H21N5O5S/c1-24(12-13-24)23(30)25-17-5-4-6-18(15-17)28-35(32,33)19-10-8-16(9-11-19)21-26-22(34-27-21)20-7-2-3-14-29(20)31/h2-11,14-15,28H,12-13H2,1H3,(H,25,30). The number of rotatable bonds is 7. The van der Waals surface area contributed by atoms with Crippen LogP contribution in [0, 0.1) is 10.6 Å². The summed E-state index contributed by atoms with van der Waals surface area (Å²) in [6, 6.07) is 17.3. The molecular weight excluding hydrogens is 470 g/mol. The van der Waals surface area contributed by atoms with Gasteiger partial charge in [0, 0.05) is 28.8 Å². The summed E-state index contributed by atoms with van der Waals surface area (Å²) in [6.07, 6.45) is 3.01. The monoisotopic (exact) mass is 491 g/mol. The van der Waals surface area contributed by atoms with Gasteiger partial charge in [-0.25, -0.2) is 8.42 Å². The Morgan fingerprint density at radius 3 is 2.51 bits per heavy atom. The average molecular weight is 492 g/mol. The van der Waals surface area contributed by atoms with E-state index in [0.29, 0.717) is 21.7 Å². The Labute approximate surface area is 201 Å². The summed E-state index contributed by atoms with van der Waals surface area (Å²) < 4.78 is 34.1. The van der Waals surface area contributed by atoms with E-state index in [1.165, 1.54) is 18.3 Å². The highest BCUT2D eigenvalue weighted by Gasteiger charge is 2.44. The number of carbonyl (C=O) groups excluding carboxylic acids is 1. The number of pyridine rings is 1. The second-order valence-corrected chi connectivity index (χ2v) is 10.2. The van der Waals surface area contributed by atoms with Gasteiger partial charge in [0.15, 0.2) is 6.20 Å². The van der Waals surface area contributed by atoms with Crippen LogP contribution < -0.4 is 14.8 Å². The SMILES string of the molecule is CC1(C(=O)Nc2cccc(NS(=O)(=O)c3ccc(-c4noc(-c5cccc[n+]5[O-])n4)cc3)c2)CC1. The molecular formula is C24H21N5O5S. The fourth-order valence-corrected chi connectivity index (χ4v) is 4.44. The predicted molar refractivity (Wildman–Crippen MR) is 127 cm³/mol. The lowest BCUT2D eigenvalue weighted by Gasteiger charge is -2.12. The number of hydrogen-bond donors (Lipinski definition) is 2. The number of aromatic nitrogens is 3. The highest BCUT2D eigenvalue weighted by Crippen LogP contribution is 2.45. The molecule has 1 saturated carbocycles. The molecule has 2 heterocycles. The van der Waals surface area contributed by atoms with Crippen LogP contribution in [0.25, 0.3) is 23.0 Å². The van der Waals surface area contributed by atoms with Crippen molar-refractivity contribution in [2.75, 3.05) is 10.0 Å². The second kappa shape index (κ2) is 8.51. The first-order valence-electron chi connectivity index (χ1n) is 10.8. The molecule has 1 aliphatic carbocycles. The number of nitrogens with one attached hydrogen (secondary N) is 2. The number of nitrogens with zero attached hydrogens (tertiary/aromatic N) is 3. The molecule has 178 valence electrons. The minimum absolute atomic E-state index is 0.0327. The molecule has 0 bridgehead atoms. The lowest BCUT2D eigenvalue weighted by Crippen LogP contribution is -2.27. The molecule has 1 fully saturated rings. The number of anilines is 2. The topological polar surface area (TPSA) is 141 Å². The van der Waals surface area contributed by atoms with E-state index >= 15 is 0 Å². The minimum atomic E-state index is -3.89. The lowest BCUT2D eigenvalue weighted by molar-refractivity contribution is -0.594. The van der Waals surface area contributed by atoms with E-state index in [2.05, 4.69) is 20.2 Å². The normalized spacial score (nSPS) is 14.3. The Bertz CT molecular complexity index is 1510. The zero-order chi connectivity index (χ0) is 24.6. The van der Waals surface area contributed by atoms with Crippen LogP contribution in [-0.2, 0) is 14.8 Å². The van der Waals surface area contributed by atoms with E-state index in [1.54, 1.807) is 54.6 Å². The molecule has 0 unspecified atom stereocenters. The molecule has 1 aliphatic rings. The maximum absolute atomic E-state index is 12.9. The number of hydrogen-bond acceptors (Lipinski definition) is 7. The maximum Gasteiger partial charge on any atom is 0.324 e. The van der Waals surface area contributed by atoms with Gasteiger partial charge in [-0.3, -0.25) is 9.52 Å². The van der Waals surface area contributed by atoms with Gasteiger partial charge >= 0.3 is 5.89 Å². The molecule has 0 radical (unpaired) electrons. The first-order valence-corrected chi connectivity index (χ1v) is 12.3. The van der Waals surface area contributed by atoms with Crippen LogP contribution in [0.4, 0.5) is 11.4 Å². The van der Waals surface area contributed by atoms with Gasteiger partial charge in [0.25, 0.3) is 15.7 Å². The molecule has 1 amide bonds. The molecule has 2 aromatic carbocycles. The molecule has 11 heteroatoms. The summed E-state index contributed by atoms with van der Waals surface area (Å²) in [5.41, 5.74) is 1.23. The van der Waals surface area contributed by atoms with Crippen LogP contribution in [0.3, 0.4) is 0 Å². The van der Waals surface area contributed by atoms with Crippen LogP contribution in [0.1, 0.15) is 19.8 Å². The fourth-order valence-electron chi connectivity index (χ4n) is 3.39. The van der Waals surface area contributed by atoms with Crippen molar-refractivity contribution in [3.8, 4) is 23.0 Å². The zero-order valence-corrected chi connectivity index (χ0v) is 19.5. The quantitative estimate of drug-likeness (QED) is 0.297. The van der Waals surface area contributed by atoms with Gasteiger partial charge in [-0.1, -0.05) is 18.1 Å². The van der Waals surface area contributed by atoms with Crippen LogP contribution >= 0.6 is 0 Å². The Balaban J connectivity index is 1.31. The fraction of sp³-hybridized carbons (Fsp3) is 0.167. The summed E-state index contributed by atoms with van der Waals surface area (Å²) in [4.78, 5) is 16.5. The highest BCUT2D eigenvalue weighted by molar-refractivity contribution is 7.92. The minimum Gasteiger partial charge on any atom is -0.618 e. The highest BCUT2D eigenvalue weighted by atomic mass is 32.2. The van der Waals surface area contributed by atoms with Gasteiger partial charge in [0.1, 0.15) is 0 Å². The van der Waals surface area contributed by atoms with Gasteiger partial charge < -0.3 is 15.0 Å². The van der Waals surface area contributed by atoms with Gasteiger partial charge in [0.05, 0.1) is 10.6 Å². The van der Waals surface area contributed by atoms with E-state index in [-0.39, 0.29) is 33.6 Å². The average Bonchev–Trinajstić information content (AvgIpc) is 3.41. The molecule has 2 N–H and O–H groups in total. The van der Waals surface area contributed by atoms with E-state index in [0.717, 1.165) is 12.8 Å². The van der Waals surface area contributed by atoms with Crippen molar-refractivity contribution in [3.63, 3.8) is 0 Å². The van der Waals surface area contributed by atoms with Crippen LogP contribution in [0.2, 0.25) is 0 Å². The van der Waals surface area contributed by atoms with Crippen molar-refractivity contribution in [2.45, 2.75) is 24.7 Å². The van der Waals surface area contributed by atoms with E-state index in [4.69, 9.17) is 4.52 Å². The first kappa shape index (κ1) is 22.5. The number of carbonyl (C=O) groups is 1. The van der Waals surface area contributed by atoms with Crippen molar-refractivity contribution in [3.05, 3.63) is 78.1 Å². The Morgan fingerprint density at radius 1 is 1.06 bits per heavy atom. The van der Waals surface area contributed by atoms with Crippen molar-refractivity contribution in [2.24, 2.45) is 5.41 Å². The van der Waals surface area contributed by atoms with Crippen LogP contribution in [-0.4, -0.2) is 24.5 Å². The zero-order valence-electron chi connectivity index (χ0n) is 18.6. The predicted octanol–water partition coefficient (Wildman–Crippen LogP) is 3.58. The third kappa shape index (κ3) is 4.71. The second-order valence-electron chi connectivity index (χ2n) is 8.56. The van der Waals surface area contributed by atoms with Crippen molar-refractivity contribution in [1.29, 1.82) is 0 Å². The summed E-state index contributed by atoms with van der Waals surface area (Å²) in [6.45, 7) is 1.90. The van der Waals surface area contributed by atoms with Gasteiger partial charge in [0.2, 0.25) is 11.7 Å². The smallest absolute Gasteiger partial charge is 0.324 e. The van der Waals surface area contributed by atoms with Crippen LogP contribution in [0.5, 0.6) is 0 Å². The molecule has 4 aromatic rings. The van der Waals surface area contributed by atoms with Crippen molar-refractivity contribution < 1.29 is 22.5 Å². The molecule has 0 saturated heterocycles. The molecule has 10 nitrogen and oxygen atoms in total. The molecule has 35 heavy (non-hydrogen) atoms. The van der Waals surface area contributed by atoms with Gasteiger partial charge in [-0.05, 0) is 61.4 Å². The summed E-state index contributed by atoms with van der Waals surface area (Å²) in [5.74, 6) is 0.195. The number of sulfonamides is 1. The summed E-state index contributed by atoms with van der Waals surface area (Å²) in [5, 5.41) is 18.6. The summed E-state index contributed by atoms with van der Waals surface area (Å²) in [7, 11) is -3.89. The molecule has 0 aliphatic heterocycles. The van der Waals surface area contributed by atoms with Crippen molar-refractivity contribution in [1.82, 2.24) is 10.1 Å². The van der Waals surface area contributed by atoms with Gasteiger partial charge in [-0.15, -0.1) is 0 Å². The van der Waals surface area contributed by atoms with E-state index < -0.39 is 10.0 Å². The Hall–Kier alpha value is -4.25. The first-order chi connectivity index (χ1) is 16.7. The van der Waals surface area contributed by atoms with Crippen LogP contribution in [0.15, 0.2) is 82.3 Å². The largest absolute Gasteiger partial charge is 0.618 e. The third-order valence-corrected chi connectivity index (χ3v) is 7.21. The molecule has 2 aromatic heterocycles. The molecule has 0 atom stereocenters. The van der Waals surface area contributed by atoms with Crippen molar-refractivity contribution >= 4 is 27.3 Å². The Kier molecular flexibility index (Phi) is 5.48. The third-order valence-electron chi connectivity index (χ3n) is 5.81. The van der Waals surface area contributed by atoms with E-state index in [9.17, 15) is 18.4 Å². The number of benzene rings is 2. The summed E-state index contributed by atoms with van der Waals surface area (Å²) >= 11 is 0. The molecule has 0 spiro atoms. The van der Waals surface area contributed by atoms with E-state index in [1.807, 2.05) is 6.92 Å². The maximum atomic E-state index is 12.9. The molecule has 5 rings (SSSR count). The Morgan fingerprint density at radius 2 is 1.80 bits per heavy atom. The number of amides is 1. The lowest BCUT2D eigenvalue weighted by atomic mass is 10.1. The van der Waals surface area contributed by atoms with Gasteiger partial charge in [-0.2, -0.15) is 9.71 Å².